The summed E-state index contributed by atoms with van der Waals surface area (Å²) in [5.41, 5.74) is 4.29. The molecular weight excluding hydrogens is 785 g/mol. The van der Waals surface area contributed by atoms with Crippen LogP contribution < -0.4 is 18.9 Å². The fourth-order valence-corrected chi connectivity index (χ4v) is 6.72. The van der Waals surface area contributed by atoms with Gasteiger partial charge in [0, 0.05) is 22.3 Å². The number of hydrogen-bond acceptors (Lipinski definition) is 4. The Morgan fingerprint density at radius 3 is 0.516 bits per heavy atom. The van der Waals surface area contributed by atoms with Gasteiger partial charge in [0.2, 0.25) is 0 Å². The number of rotatable bonds is 6. The van der Waals surface area contributed by atoms with Gasteiger partial charge in [-0.25, -0.2) is 0 Å². The number of methoxy groups -OCH3 is 4. The minimum Gasteiger partial charge on any atom is -0.496 e. The molecule has 0 radical (unpaired) electrons. The smallest absolute Gasteiger partial charge is 0.127 e. The molecule has 0 aliphatic carbocycles. The second kappa shape index (κ2) is 36.5. The second-order valence-electron chi connectivity index (χ2n) is 11.5. The molecule has 0 aromatic heterocycles. The maximum Gasteiger partial charge on any atom is 0.127 e. The summed E-state index contributed by atoms with van der Waals surface area (Å²) in [4.78, 5) is 0. The third kappa shape index (κ3) is 15.1. The van der Waals surface area contributed by atoms with Gasteiger partial charge >= 0.3 is 0 Å². The second-order valence-corrected chi connectivity index (χ2v) is 11.5. The Morgan fingerprint density at radius 2 is 0.359 bits per heavy atom. The molecule has 0 heterocycles. The Labute approximate surface area is 390 Å². The molecule has 8 aromatic rings. The number of benzene rings is 8. The summed E-state index contributed by atoms with van der Waals surface area (Å²) in [6.45, 7) is 32.0. The molecular formula is C60H84O4. The number of ether oxygens (including phenoxy) is 4. The van der Waals surface area contributed by atoms with Crippen molar-refractivity contribution in [2.24, 2.45) is 0 Å². The van der Waals surface area contributed by atoms with Crippen LogP contribution in [0.3, 0.4) is 0 Å². The Balaban J connectivity index is 0. The van der Waals surface area contributed by atoms with Gasteiger partial charge in [-0.2, -0.15) is 0 Å². The zero-order valence-electron chi connectivity index (χ0n) is 43.5. The highest BCUT2D eigenvalue weighted by atomic mass is 16.5. The van der Waals surface area contributed by atoms with E-state index in [1.165, 1.54) is 21.5 Å². The molecule has 0 spiro atoms. The number of fused-ring (bicyclic) bond motifs is 4. The fourth-order valence-electron chi connectivity index (χ4n) is 6.72. The summed E-state index contributed by atoms with van der Waals surface area (Å²) in [6, 6.07) is 49.9. The van der Waals surface area contributed by atoms with Crippen molar-refractivity contribution in [2.45, 2.75) is 111 Å². The lowest BCUT2D eigenvalue weighted by Gasteiger charge is -2.17. The van der Waals surface area contributed by atoms with Crippen LogP contribution in [0.15, 0.2) is 146 Å². The molecule has 8 aromatic carbocycles. The molecule has 0 aliphatic heterocycles. The minimum atomic E-state index is 0.850. The lowest BCUT2D eigenvalue weighted by Crippen LogP contribution is -1.94. The Bertz CT molecular complexity index is 2070. The first kappa shape index (κ1) is 60.1. The van der Waals surface area contributed by atoms with Gasteiger partial charge in [0.25, 0.3) is 0 Å². The van der Waals surface area contributed by atoms with Crippen molar-refractivity contribution in [1.29, 1.82) is 0 Å². The first-order chi connectivity index (χ1) is 31.7. The summed E-state index contributed by atoms with van der Waals surface area (Å²) in [6.07, 6.45) is 0. The van der Waals surface area contributed by atoms with Crippen LogP contribution in [-0.4, -0.2) is 28.4 Å². The average Bonchev–Trinajstić information content (AvgIpc) is 3.42. The van der Waals surface area contributed by atoms with Crippen LogP contribution in [0.2, 0.25) is 0 Å². The standard InChI is InChI=1S/2C22H18O2.8C2H6/c2*1-23-19-13-11-15-7-3-5-9-17(15)21(19)22-18-10-6-4-8-16(18)12-14-20(22)24-2;8*1-2/h2*3-14H,1-2H3;8*1-2H3. The topological polar surface area (TPSA) is 36.9 Å². The van der Waals surface area contributed by atoms with Crippen molar-refractivity contribution < 1.29 is 18.9 Å². The monoisotopic (exact) mass is 869 g/mol. The molecule has 0 amide bonds. The van der Waals surface area contributed by atoms with Gasteiger partial charge in [0.15, 0.2) is 0 Å². The van der Waals surface area contributed by atoms with E-state index in [1.807, 2.05) is 135 Å². The van der Waals surface area contributed by atoms with Gasteiger partial charge < -0.3 is 18.9 Å². The van der Waals surface area contributed by atoms with Crippen LogP contribution in [0.4, 0.5) is 0 Å². The molecule has 348 valence electrons. The predicted octanol–water partition coefficient (Wildman–Crippen LogP) is 19.6. The Hall–Kier alpha value is -6.00. The predicted molar refractivity (Wildman–Crippen MR) is 291 cm³/mol. The average molecular weight is 869 g/mol. The van der Waals surface area contributed by atoms with E-state index in [0.717, 1.165) is 66.8 Å². The van der Waals surface area contributed by atoms with Gasteiger partial charge in [0.1, 0.15) is 23.0 Å². The van der Waals surface area contributed by atoms with Crippen molar-refractivity contribution in [1.82, 2.24) is 0 Å². The Kier molecular flexibility index (Phi) is 34.3. The molecule has 8 rings (SSSR count). The maximum absolute atomic E-state index is 5.70. The lowest BCUT2D eigenvalue weighted by molar-refractivity contribution is 0.411. The quantitative estimate of drug-likeness (QED) is 0.167. The summed E-state index contributed by atoms with van der Waals surface area (Å²) in [5.74, 6) is 3.40. The number of hydrogen-bond donors (Lipinski definition) is 0. The van der Waals surface area contributed by atoms with Crippen LogP contribution >= 0.6 is 0 Å². The maximum atomic E-state index is 5.70. The molecule has 0 saturated carbocycles. The van der Waals surface area contributed by atoms with Crippen LogP contribution in [0.1, 0.15) is 111 Å². The zero-order chi connectivity index (χ0) is 49.0. The molecule has 0 N–H and O–H groups in total. The highest BCUT2D eigenvalue weighted by Gasteiger charge is 2.19. The molecule has 0 atom stereocenters. The van der Waals surface area contributed by atoms with Gasteiger partial charge in [-0.05, 0) is 67.4 Å². The first-order valence-corrected chi connectivity index (χ1v) is 23.9. The first-order valence-electron chi connectivity index (χ1n) is 23.9. The van der Waals surface area contributed by atoms with Crippen LogP contribution in [0.25, 0.3) is 65.3 Å². The zero-order valence-corrected chi connectivity index (χ0v) is 43.5. The van der Waals surface area contributed by atoms with Crippen LogP contribution in [0, 0.1) is 0 Å². The Morgan fingerprint density at radius 1 is 0.203 bits per heavy atom. The van der Waals surface area contributed by atoms with Gasteiger partial charge in [-0.1, -0.05) is 232 Å². The van der Waals surface area contributed by atoms with Gasteiger partial charge in [-0.15, -0.1) is 0 Å². The molecule has 0 unspecified atom stereocenters. The van der Waals surface area contributed by atoms with E-state index in [1.54, 1.807) is 28.4 Å². The molecule has 4 nitrogen and oxygen atoms in total. The van der Waals surface area contributed by atoms with Crippen molar-refractivity contribution in [2.75, 3.05) is 28.4 Å². The summed E-state index contributed by atoms with van der Waals surface area (Å²) in [7, 11) is 6.85. The van der Waals surface area contributed by atoms with E-state index in [9.17, 15) is 0 Å². The van der Waals surface area contributed by atoms with E-state index in [0.29, 0.717) is 0 Å². The highest BCUT2D eigenvalue weighted by molar-refractivity contribution is 6.11. The highest BCUT2D eigenvalue weighted by Crippen LogP contribution is 2.46. The van der Waals surface area contributed by atoms with Crippen LogP contribution in [0.5, 0.6) is 23.0 Å². The van der Waals surface area contributed by atoms with Crippen molar-refractivity contribution in [3.8, 4) is 45.3 Å². The fraction of sp³-hybridized carbons (Fsp3) is 0.333. The van der Waals surface area contributed by atoms with Crippen molar-refractivity contribution in [3.05, 3.63) is 146 Å². The largest absolute Gasteiger partial charge is 0.496 e. The van der Waals surface area contributed by atoms with Gasteiger partial charge in [0.05, 0.1) is 28.4 Å². The van der Waals surface area contributed by atoms with Gasteiger partial charge in [-0.3, -0.25) is 0 Å². The molecule has 0 saturated heterocycles. The normalized spacial score (nSPS) is 8.94. The summed E-state index contributed by atoms with van der Waals surface area (Å²) in [5, 5.41) is 9.37. The summed E-state index contributed by atoms with van der Waals surface area (Å²) < 4.78 is 22.8. The SMILES string of the molecule is CC.CC.CC.CC.CC.CC.CC.CC.COc1ccc2ccccc2c1-c1c(OC)ccc2ccccc12.COc1ccc2ccccc2c1-c1c(OC)ccc2ccccc12. The molecule has 64 heavy (non-hydrogen) atoms. The third-order valence-corrected chi connectivity index (χ3v) is 8.94. The molecule has 4 heteroatoms. The van der Waals surface area contributed by atoms with E-state index in [-0.39, 0.29) is 0 Å². The van der Waals surface area contributed by atoms with Crippen molar-refractivity contribution in [3.63, 3.8) is 0 Å². The van der Waals surface area contributed by atoms with E-state index >= 15 is 0 Å². The van der Waals surface area contributed by atoms with Crippen molar-refractivity contribution >= 4 is 43.1 Å². The third-order valence-electron chi connectivity index (χ3n) is 8.94. The molecule has 0 bridgehead atoms. The molecule has 0 aliphatic rings. The van der Waals surface area contributed by atoms with E-state index in [2.05, 4.69) is 121 Å². The van der Waals surface area contributed by atoms with Crippen LogP contribution in [-0.2, 0) is 0 Å². The minimum absolute atomic E-state index is 0.850. The lowest BCUT2D eigenvalue weighted by atomic mass is 9.92. The van der Waals surface area contributed by atoms with E-state index < -0.39 is 0 Å². The van der Waals surface area contributed by atoms with E-state index in [4.69, 9.17) is 18.9 Å². The molecule has 0 fully saturated rings. The summed E-state index contributed by atoms with van der Waals surface area (Å²) >= 11 is 0.